The molecule has 0 aromatic heterocycles. The third-order valence-electron chi connectivity index (χ3n) is 3.80. The van der Waals surface area contributed by atoms with E-state index in [-0.39, 0.29) is 5.82 Å². The number of hydrogen-bond donors (Lipinski definition) is 1. The van der Waals surface area contributed by atoms with E-state index in [4.69, 9.17) is 21.7 Å². The second-order valence-corrected chi connectivity index (χ2v) is 6.43. The van der Waals surface area contributed by atoms with Crippen molar-refractivity contribution in [3.05, 3.63) is 45.3 Å². The molecule has 0 aliphatic carbocycles. The monoisotopic (exact) mass is 416 g/mol. The molecule has 1 aliphatic heterocycles. The molecule has 1 N–H and O–H groups in total. The number of carbonyl (C=O) groups is 1. The second-order valence-electron chi connectivity index (χ2n) is 5.19. The minimum atomic E-state index is -0.513. The molecule has 1 aromatic carbocycles. The summed E-state index contributed by atoms with van der Waals surface area (Å²) in [6.45, 7) is 2.77. The van der Waals surface area contributed by atoms with Crippen LogP contribution in [0.1, 0.15) is 18.5 Å². The highest BCUT2D eigenvalue weighted by atomic mass is 79.9. The van der Waals surface area contributed by atoms with E-state index in [9.17, 15) is 9.18 Å². The van der Waals surface area contributed by atoms with Crippen LogP contribution in [0, 0.1) is 5.82 Å². The van der Waals surface area contributed by atoms with Crippen molar-refractivity contribution in [3.8, 4) is 0 Å². The normalized spacial score (nSPS) is 17.8. The number of benzene rings is 1. The van der Waals surface area contributed by atoms with Gasteiger partial charge in [-0.2, -0.15) is 0 Å². The number of rotatable bonds is 5. The van der Waals surface area contributed by atoms with Gasteiger partial charge < -0.3 is 19.7 Å². The molecule has 0 radical (unpaired) electrons. The van der Waals surface area contributed by atoms with Crippen LogP contribution in [0.3, 0.4) is 0 Å². The van der Waals surface area contributed by atoms with Crippen LogP contribution in [0.5, 0.6) is 0 Å². The fourth-order valence-electron chi connectivity index (χ4n) is 2.55. The second kappa shape index (κ2) is 8.04. The van der Waals surface area contributed by atoms with Gasteiger partial charge in [-0.05, 0) is 52.8 Å². The average Bonchev–Trinajstić information content (AvgIpc) is 2.56. The van der Waals surface area contributed by atoms with Gasteiger partial charge in [0.15, 0.2) is 5.11 Å². The Bertz CT molecular complexity index is 696. The summed E-state index contributed by atoms with van der Waals surface area (Å²) in [4.78, 5) is 14.1. The highest BCUT2D eigenvalue weighted by molar-refractivity contribution is 9.10. The molecular weight excluding hydrogens is 399 g/mol. The Morgan fingerprint density at radius 2 is 2.17 bits per heavy atom. The predicted molar refractivity (Wildman–Crippen MR) is 95.9 cm³/mol. The van der Waals surface area contributed by atoms with E-state index >= 15 is 0 Å². The molecule has 8 heteroatoms. The largest absolute Gasteiger partial charge is 0.466 e. The molecule has 0 saturated heterocycles. The van der Waals surface area contributed by atoms with E-state index in [1.54, 1.807) is 31.1 Å². The molecule has 1 heterocycles. The number of hydrogen-bond acceptors (Lipinski definition) is 4. The molecule has 1 unspecified atom stereocenters. The van der Waals surface area contributed by atoms with E-state index < -0.39 is 12.0 Å². The Kier molecular flexibility index (Phi) is 6.31. The van der Waals surface area contributed by atoms with Gasteiger partial charge in [0, 0.05) is 19.4 Å². The van der Waals surface area contributed by atoms with Gasteiger partial charge in [0.25, 0.3) is 0 Å². The Balaban J connectivity index is 2.50. The van der Waals surface area contributed by atoms with E-state index in [0.29, 0.717) is 39.6 Å². The standard InChI is InChI=1S/C16H18BrFN2O3S/c1-9-13(15(21)23-3)14(10-4-5-12(18)11(17)8-10)19-16(24)20(9)6-7-22-2/h4-5,8,14H,6-7H2,1-3H3,(H,19,24). The number of nitrogens with zero attached hydrogens (tertiary/aromatic N) is 1. The van der Waals surface area contributed by atoms with Crippen LogP contribution in [0.4, 0.5) is 4.39 Å². The fourth-order valence-corrected chi connectivity index (χ4v) is 3.29. The summed E-state index contributed by atoms with van der Waals surface area (Å²) in [6.07, 6.45) is 0. The fraction of sp³-hybridized carbons (Fsp3) is 0.375. The number of nitrogens with one attached hydrogen (secondary N) is 1. The lowest BCUT2D eigenvalue weighted by molar-refractivity contribution is -0.136. The molecule has 0 bridgehead atoms. The molecule has 2 rings (SSSR count). The summed E-state index contributed by atoms with van der Waals surface area (Å²) in [6, 6.07) is 4.06. The van der Waals surface area contributed by atoms with Gasteiger partial charge in [-0.1, -0.05) is 6.07 Å². The van der Waals surface area contributed by atoms with Crippen LogP contribution >= 0.6 is 28.1 Å². The van der Waals surface area contributed by atoms with Crippen molar-refractivity contribution in [1.82, 2.24) is 10.2 Å². The van der Waals surface area contributed by atoms with Gasteiger partial charge in [-0.3, -0.25) is 0 Å². The van der Waals surface area contributed by atoms with Crippen LogP contribution in [0.15, 0.2) is 33.9 Å². The van der Waals surface area contributed by atoms with Crippen LogP contribution < -0.4 is 5.32 Å². The number of thiocarbonyl (C=S) groups is 1. The van der Waals surface area contributed by atoms with Crippen molar-refractivity contribution in [2.75, 3.05) is 27.4 Å². The van der Waals surface area contributed by atoms with Gasteiger partial charge in [-0.25, -0.2) is 9.18 Å². The van der Waals surface area contributed by atoms with Crippen LogP contribution in [0.2, 0.25) is 0 Å². The van der Waals surface area contributed by atoms with E-state index in [1.165, 1.54) is 13.2 Å². The molecule has 1 atom stereocenters. The first kappa shape index (κ1) is 18.8. The number of esters is 1. The summed E-state index contributed by atoms with van der Waals surface area (Å²) in [7, 11) is 2.92. The first-order chi connectivity index (χ1) is 11.4. The third kappa shape index (κ3) is 3.76. The summed E-state index contributed by atoms with van der Waals surface area (Å²) in [5.41, 5.74) is 1.82. The zero-order valence-corrected chi connectivity index (χ0v) is 16.0. The van der Waals surface area contributed by atoms with Crippen LogP contribution in [-0.2, 0) is 14.3 Å². The van der Waals surface area contributed by atoms with Crippen molar-refractivity contribution >= 4 is 39.2 Å². The number of allylic oxidation sites excluding steroid dienone is 1. The highest BCUT2D eigenvalue weighted by Gasteiger charge is 2.34. The smallest absolute Gasteiger partial charge is 0.337 e. The zero-order chi connectivity index (χ0) is 17.9. The minimum Gasteiger partial charge on any atom is -0.466 e. The first-order valence-corrected chi connectivity index (χ1v) is 8.41. The Hall–Kier alpha value is -1.51. The van der Waals surface area contributed by atoms with Crippen LogP contribution in [0.25, 0.3) is 0 Å². The number of carbonyl (C=O) groups excluding carboxylic acids is 1. The SMILES string of the molecule is COCCN1C(=S)NC(c2ccc(F)c(Br)c2)C(C(=O)OC)=C1C. The van der Waals surface area contributed by atoms with Crippen molar-refractivity contribution in [2.24, 2.45) is 0 Å². The molecular formula is C16H18BrFN2O3S. The lowest BCUT2D eigenvalue weighted by Crippen LogP contribution is -2.48. The van der Waals surface area contributed by atoms with Crippen molar-refractivity contribution in [3.63, 3.8) is 0 Å². The average molecular weight is 417 g/mol. The molecule has 130 valence electrons. The Labute approximate surface area is 153 Å². The number of methoxy groups -OCH3 is 2. The maximum absolute atomic E-state index is 13.5. The summed E-state index contributed by atoms with van der Waals surface area (Å²) in [5, 5.41) is 3.61. The Morgan fingerprint density at radius 1 is 1.46 bits per heavy atom. The lowest BCUT2D eigenvalue weighted by Gasteiger charge is -2.37. The van der Waals surface area contributed by atoms with Crippen molar-refractivity contribution in [2.45, 2.75) is 13.0 Å². The van der Waals surface area contributed by atoms with Gasteiger partial charge in [0.1, 0.15) is 5.82 Å². The number of ether oxygens (including phenoxy) is 2. The predicted octanol–water partition coefficient (Wildman–Crippen LogP) is 2.91. The van der Waals surface area contributed by atoms with E-state index in [1.807, 2.05) is 0 Å². The first-order valence-electron chi connectivity index (χ1n) is 7.21. The molecule has 5 nitrogen and oxygen atoms in total. The molecule has 24 heavy (non-hydrogen) atoms. The van der Waals surface area contributed by atoms with Crippen molar-refractivity contribution in [1.29, 1.82) is 0 Å². The van der Waals surface area contributed by atoms with E-state index in [2.05, 4.69) is 21.2 Å². The molecule has 0 fully saturated rings. The highest BCUT2D eigenvalue weighted by Crippen LogP contribution is 2.32. The molecule has 0 spiro atoms. The zero-order valence-electron chi connectivity index (χ0n) is 13.6. The maximum atomic E-state index is 13.5. The van der Waals surface area contributed by atoms with Gasteiger partial charge >= 0.3 is 5.97 Å². The van der Waals surface area contributed by atoms with E-state index in [0.717, 1.165) is 0 Å². The summed E-state index contributed by atoms with van der Waals surface area (Å²) >= 11 is 8.58. The Morgan fingerprint density at radius 3 is 2.75 bits per heavy atom. The molecule has 1 aromatic rings. The van der Waals surface area contributed by atoms with Crippen molar-refractivity contribution < 1.29 is 18.7 Å². The number of halogens is 2. The summed E-state index contributed by atoms with van der Waals surface area (Å²) < 4.78 is 23.9. The molecule has 0 amide bonds. The van der Waals surface area contributed by atoms with Gasteiger partial charge in [0.2, 0.25) is 0 Å². The minimum absolute atomic E-state index is 0.316. The molecule has 1 aliphatic rings. The molecule has 0 saturated carbocycles. The quantitative estimate of drug-likeness (QED) is 0.588. The lowest BCUT2D eigenvalue weighted by atomic mass is 9.95. The van der Waals surface area contributed by atoms with Crippen LogP contribution in [-0.4, -0.2) is 43.4 Å². The summed E-state index contributed by atoms with van der Waals surface area (Å²) in [5.74, 6) is -0.838. The topological polar surface area (TPSA) is 50.8 Å². The van der Waals surface area contributed by atoms with Gasteiger partial charge in [0.05, 0.1) is 29.8 Å². The van der Waals surface area contributed by atoms with Gasteiger partial charge in [-0.15, -0.1) is 0 Å². The maximum Gasteiger partial charge on any atom is 0.337 e. The third-order valence-corrected chi connectivity index (χ3v) is 4.74.